The van der Waals surface area contributed by atoms with Crippen molar-refractivity contribution in [1.29, 1.82) is 0 Å². The lowest BCUT2D eigenvalue weighted by Gasteiger charge is -2.25. The SMILES string of the molecule is CC(C)Oc1ccc(CNC(=O)C(c2ccccc2)N(C)S(C)(=O)=O)cc1. The van der Waals surface area contributed by atoms with Crippen LogP contribution in [0.15, 0.2) is 54.6 Å². The molecule has 2 rings (SSSR count). The highest BCUT2D eigenvalue weighted by Crippen LogP contribution is 2.22. The zero-order valence-corrected chi connectivity index (χ0v) is 16.9. The molecule has 2 aromatic rings. The molecule has 7 heteroatoms. The average molecular weight is 391 g/mol. The van der Waals surface area contributed by atoms with Crippen molar-refractivity contribution in [2.75, 3.05) is 13.3 Å². The van der Waals surface area contributed by atoms with E-state index in [1.54, 1.807) is 24.3 Å². The number of sulfonamides is 1. The summed E-state index contributed by atoms with van der Waals surface area (Å²) in [6.07, 6.45) is 1.18. The first-order chi connectivity index (χ1) is 12.7. The minimum Gasteiger partial charge on any atom is -0.491 e. The number of hydrogen-bond donors (Lipinski definition) is 1. The Balaban J connectivity index is 2.12. The summed E-state index contributed by atoms with van der Waals surface area (Å²) in [5.74, 6) is 0.385. The topological polar surface area (TPSA) is 75.7 Å². The Hall–Kier alpha value is -2.38. The lowest BCUT2D eigenvalue weighted by molar-refractivity contribution is -0.124. The summed E-state index contributed by atoms with van der Waals surface area (Å²) in [5.41, 5.74) is 1.51. The second-order valence-electron chi connectivity index (χ2n) is 6.62. The van der Waals surface area contributed by atoms with Gasteiger partial charge in [0.1, 0.15) is 11.8 Å². The van der Waals surface area contributed by atoms with Crippen LogP contribution in [-0.4, -0.2) is 38.0 Å². The van der Waals surface area contributed by atoms with Crippen molar-refractivity contribution in [1.82, 2.24) is 9.62 Å². The van der Waals surface area contributed by atoms with Gasteiger partial charge >= 0.3 is 0 Å². The summed E-state index contributed by atoms with van der Waals surface area (Å²) in [7, 11) is -2.13. The zero-order valence-electron chi connectivity index (χ0n) is 16.0. The van der Waals surface area contributed by atoms with Crippen LogP contribution < -0.4 is 10.1 Å². The molecular weight excluding hydrogens is 364 g/mol. The molecule has 0 bridgehead atoms. The number of rotatable bonds is 8. The third-order valence-corrected chi connectivity index (χ3v) is 5.27. The van der Waals surface area contributed by atoms with Crippen molar-refractivity contribution in [3.63, 3.8) is 0 Å². The molecular formula is C20H26N2O4S. The van der Waals surface area contributed by atoms with E-state index in [1.165, 1.54) is 7.05 Å². The van der Waals surface area contributed by atoms with E-state index in [0.717, 1.165) is 21.9 Å². The molecule has 6 nitrogen and oxygen atoms in total. The van der Waals surface area contributed by atoms with Crippen LogP contribution in [0.2, 0.25) is 0 Å². The average Bonchev–Trinajstić information content (AvgIpc) is 2.61. The van der Waals surface area contributed by atoms with Crippen LogP contribution in [0.1, 0.15) is 31.0 Å². The second kappa shape index (κ2) is 9.01. The van der Waals surface area contributed by atoms with Crippen molar-refractivity contribution >= 4 is 15.9 Å². The van der Waals surface area contributed by atoms with Gasteiger partial charge < -0.3 is 10.1 Å². The smallest absolute Gasteiger partial charge is 0.243 e. The fraction of sp³-hybridized carbons (Fsp3) is 0.350. The fourth-order valence-corrected chi connectivity index (χ4v) is 3.20. The van der Waals surface area contributed by atoms with Crippen molar-refractivity contribution in [3.8, 4) is 5.75 Å². The first-order valence-electron chi connectivity index (χ1n) is 8.69. The Morgan fingerprint density at radius 2 is 1.67 bits per heavy atom. The molecule has 27 heavy (non-hydrogen) atoms. The molecule has 1 N–H and O–H groups in total. The minimum atomic E-state index is -3.54. The Morgan fingerprint density at radius 3 is 2.19 bits per heavy atom. The van der Waals surface area contributed by atoms with Crippen molar-refractivity contribution in [2.45, 2.75) is 32.5 Å². The van der Waals surface area contributed by atoms with E-state index in [2.05, 4.69) is 5.32 Å². The van der Waals surface area contributed by atoms with E-state index in [-0.39, 0.29) is 12.0 Å². The molecule has 0 fully saturated rings. The number of nitrogens with one attached hydrogen (secondary N) is 1. The van der Waals surface area contributed by atoms with E-state index in [9.17, 15) is 13.2 Å². The molecule has 2 aromatic carbocycles. The van der Waals surface area contributed by atoms with E-state index in [0.29, 0.717) is 12.1 Å². The molecule has 0 aliphatic heterocycles. The van der Waals surface area contributed by atoms with Gasteiger partial charge in [-0.2, -0.15) is 4.31 Å². The molecule has 1 unspecified atom stereocenters. The number of nitrogens with zero attached hydrogens (tertiary/aromatic N) is 1. The molecule has 1 atom stereocenters. The first kappa shape index (κ1) is 20.9. The normalized spacial score (nSPS) is 12.8. The van der Waals surface area contributed by atoms with Crippen molar-refractivity contribution < 1.29 is 17.9 Å². The molecule has 0 spiro atoms. The number of benzene rings is 2. The highest BCUT2D eigenvalue weighted by atomic mass is 32.2. The molecule has 0 saturated carbocycles. The minimum absolute atomic E-state index is 0.0914. The second-order valence-corrected chi connectivity index (χ2v) is 8.66. The number of likely N-dealkylation sites (N-methyl/N-ethyl adjacent to an activating group) is 1. The zero-order chi connectivity index (χ0) is 20.0. The van der Waals surface area contributed by atoms with Gasteiger partial charge in [-0.15, -0.1) is 0 Å². The van der Waals surface area contributed by atoms with Gasteiger partial charge in [0.15, 0.2) is 0 Å². The quantitative estimate of drug-likeness (QED) is 0.752. The summed E-state index contributed by atoms with van der Waals surface area (Å²) in [6, 6.07) is 15.4. The lowest BCUT2D eigenvalue weighted by atomic mass is 10.1. The van der Waals surface area contributed by atoms with Gasteiger partial charge in [0, 0.05) is 13.6 Å². The van der Waals surface area contributed by atoms with Crippen LogP contribution in [0.4, 0.5) is 0 Å². The summed E-state index contributed by atoms with van der Waals surface area (Å²) in [6.45, 7) is 4.20. The Labute approximate surface area is 161 Å². The maximum absolute atomic E-state index is 12.8. The van der Waals surface area contributed by atoms with Crippen LogP contribution in [0.3, 0.4) is 0 Å². The maximum atomic E-state index is 12.8. The van der Waals surface area contributed by atoms with Crippen LogP contribution in [0.5, 0.6) is 5.75 Å². The number of ether oxygens (including phenoxy) is 1. The third-order valence-electron chi connectivity index (χ3n) is 4.01. The molecule has 0 aromatic heterocycles. The van der Waals surface area contributed by atoms with Gasteiger partial charge in [0.05, 0.1) is 12.4 Å². The monoisotopic (exact) mass is 390 g/mol. The highest BCUT2D eigenvalue weighted by molar-refractivity contribution is 7.88. The lowest BCUT2D eigenvalue weighted by Crippen LogP contribution is -2.41. The Bertz CT molecular complexity index is 849. The Kier molecular flexibility index (Phi) is 6.98. The van der Waals surface area contributed by atoms with E-state index in [4.69, 9.17) is 4.74 Å². The number of carbonyl (C=O) groups excluding carboxylic acids is 1. The standard InChI is InChI=1S/C20H26N2O4S/c1-15(2)26-18-12-10-16(11-13-18)14-21-20(23)19(22(3)27(4,24)25)17-8-6-5-7-9-17/h5-13,15,19H,14H2,1-4H3,(H,21,23). The number of hydrogen-bond acceptors (Lipinski definition) is 4. The van der Waals surface area contributed by atoms with E-state index < -0.39 is 16.1 Å². The van der Waals surface area contributed by atoms with Gasteiger partial charge in [-0.3, -0.25) is 4.79 Å². The number of carbonyl (C=O) groups is 1. The molecule has 0 radical (unpaired) electrons. The van der Waals surface area contributed by atoms with Crippen LogP contribution in [0, 0.1) is 0 Å². The third kappa shape index (κ3) is 6.08. The molecule has 0 aliphatic carbocycles. The van der Waals surface area contributed by atoms with Gasteiger partial charge in [-0.1, -0.05) is 42.5 Å². The summed E-state index contributed by atoms with van der Waals surface area (Å²) >= 11 is 0. The van der Waals surface area contributed by atoms with Gasteiger partial charge in [-0.25, -0.2) is 8.42 Å². The van der Waals surface area contributed by atoms with E-state index >= 15 is 0 Å². The van der Waals surface area contributed by atoms with Crippen molar-refractivity contribution in [3.05, 3.63) is 65.7 Å². The van der Waals surface area contributed by atoms with Gasteiger partial charge in [0.25, 0.3) is 0 Å². The van der Waals surface area contributed by atoms with Crippen molar-refractivity contribution in [2.24, 2.45) is 0 Å². The van der Waals surface area contributed by atoms with Crippen LogP contribution in [-0.2, 0) is 21.4 Å². The largest absolute Gasteiger partial charge is 0.491 e. The van der Waals surface area contributed by atoms with Crippen LogP contribution in [0.25, 0.3) is 0 Å². The molecule has 0 heterocycles. The Morgan fingerprint density at radius 1 is 1.07 bits per heavy atom. The number of amides is 1. The molecule has 146 valence electrons. The summed E-state index contributed by atoms with van der Waals surface area (Å²) in [5, 5.41) is 2.82. The maximum Gasteiger partial charge on any atom is 0.243 e. The first-order valence-corrected chi connectivity index (χ1v) is 10.5. The van der Waals surface area contributed by atoms with Gasteiger partial charge in [0.2, 0.25) is 15.9 Å². The molecule has 0 aliphatic rings. The molecule has 1 amide bonds. The van der Waals surface area contributed by atoms with Crippen LogP contribution >= 0.6 is 0 Å². The highest BCUT2D eigenvalue weighted by Gasteiger charge is 2.30. The summed E-state index contributed by atoms with van der Waals surface area (Å²) in [4.78, 5) is 12.8. The molecule has 0 saturated heterocycles. The van der Waals surface area contributed by atoms with E-state index in [1.807, 2.05) is 44.2 Å². The summed E-state index contributed by atoms with van der Waals surface area (Å²) < 4.78 is 30.6. The predicted molar refractivity (Wildman–Crippen MR) is 106 cm³/mol. The fourth-order valence-electron chi connectivity index (χ4n) is 2.60. The van der Waals surface area contributed by atoms with Gasteiger partial charge in [-0.05, 0) is 37.1 Å². The predicted octanol–water partition coefficient (Wildman–Crippen LogP) is 2.72.